The molecule has 3 nitrogen and oxygen atoms in total. The van der Waals surface area contributed by atoms with Gasteiger partial charge in [-0.3, -0.25) is 4.79 Å². The predicted octanol–water partition coefficient (Wildman–Crippen LogP) is 3.05. The van der Waals surface area contributed by atoms with Gasteiger partial charge in [0.25, 0.3) is 0 Å². The van der Waals surface area contributed by atoms with Crippen LogP contribution in [0.3, 0.4) is 0 Å². The van der Waals surface area contributed by atoms with Crippen molar-refractivity contribution < 1.29 is 22.8 Å². The Labute approximate surface area is 115 Å². The Morgan fingerprint density at radius 1 is 1.35 bits per heavy atom. The van der Waals surface area contributed by atoms with Gasteiger partial charge < -0.3 is 4.84 Å². The second kappa shape index (κ2) is 5.83. The summed E-state index contributed by atoms with van der Waals surface area (Å²) in [5.74, 6) is -0.0498. The Hall–Kier alpha value is -1.56. The average molecular weight is 287 g/mol. The van der Waals surface area contributed by atoms with Gasteiger partial charge >= 0.3 is 12.1 Å². The van der Waals surface area contributed by atoms with Crippen molar-refractivity contribution in [2.24, 2.45) is 5.92 Å². The molecule has 1 heterocycles. The van der Waals surface area contributed by atoms with Crippen LogP contribution in [0.4, 0.5) is 13.2 Å². The van der Waals surface area contributed by atoms with Crippen LogP contribution in [0.5, 0.6) is 0 Å². The van der Waals surface area contributed by atoms with Gasteiger partial charge in [-0.15, -0.1) is 5.06 Å². The van der Waals surface area contributed by atoms with E-state index >= 15 is 0 Å². The number of carbonyl (C=O) groups excluding carboxylic acids is 1. The summed E-state index contributed by atoms with van der Waals surface area (Å²) in [5, 5.41) is 1.61. The van der Waals surface area contributed by atoms with Crippen LogP contribution in [0.15, 0.2) is 24.3 Å². The van der Waals surface area contributed by atoms with Crippen LogP contribution in [0.2, 0.25) is 0 Å². The molecule has 0 saturated carbocycles. The van der Waals surface area contributed by atoms with Crippen molar-refractivity contribution >= 4 is 5.97 Å². The molecule has 1 aromatic carbocycles. The molecule has 1 aromatic rings. The van der Waals surface area contributed by atoms with E-state index in [4.69, 9.17) is 4.84 Å². The largest absolute Gasteiger partial charge is 0.416 e. The van der Waals surface area contributed by atoms with Crippen LogP contribution in [-0.4, -0.2) is 24.1 Å². The van der Waals surface area contributed by atoms with E-state index in [0.717, 1.165) is 24.1 Å². The lowest BCUT2D eigenvalue weighted by Crippen LogP contribution is -2.24. The van der Waals surface area contributed by atoms with E-state index in [0.29, 0.717) is 25.4 Å². The quantitative estimate of drug-likeness (QED) is 0.855. The van der Waals surface area contributed by atoms with Crippen LogP contribution < -0.4 is 0 Å². The first kappa shape index (κ1) is 14.8. The Balaban J connectivity index is 1.90. The van der Waals surface area contributed by atoms with Crippen molar-refractivity contribution in [3.05, 3.63) is 35.4 Å². The molecule has 0 radical (unpaired) electrons. The minimum atomic E-state index is -4.29. The molecular weight excluding hydrogens is 271 g/mol. The highest BCUT2D eigenvalue weighted by Gasteiger charge is 2.30. The lowest BCUT2D eigenvalue weighted by Gasteiger charge is -2.14. The maximum Gasteiger partial charge on any atom is 0.416 e. The van der Waals surface area contributed by atoms with E-state index in [2.05, 4.69) is 0 Å². The first-order chi connectivity index (χ1) is 9.34. The number of nitrogens with zero attached hydrogens (tertiary/aromatic N) is 1. The normalized spacial score (nSPS) is 20.1. The number of hydroxylamine groups is 2. The monoisotopic (exact) mass is 287 g/mol. The fraction of sp³-hybridized carbons (Fsp3) is 0.500. The van der Waals surface area contributed by atoms with Gasteiger partial charge in [0, 0.05) is 20.0 Å². The Morgan fingerprint density at radius 3 is 2.55 bits per heavy atom. The molecule has 0 N–H and O–H groups in total. The smallest absolute Gasteiger partial charge is 0.368 e. The lowest BCUT2D eigenvalue weighted by molar-refractivity contribution is -0.183. The van der Waals surface area contributed by atoms with Crippen molar-refractivity contribution in [1.29, 1.82) is 0 Å². The summed E-state index contributed by atoms with van der Waals surface area (Å²) in [7, 11) is 0. The minimum absolute atomic E-state index is 0.297. The molecule has 0 spiro atoms. The van der Waals surface area contributed by atoms with Crippen LogP contribution in [0, 0.1) is 5.92 Å². The maximum atomic E-state index is 12.4. The van der Waals surface area contributed by atoms with E-state index in [1.807, 2.05) is 0 Å². The third-order valence-electron chi connectivity index (χ3n) is 3.31. The summed E-state index contributed by atoms with van der Waals surface area (Å²) in [4.78, 5) is 15.8. The Bertz CT molecular complexity index is 470. The molecule has 1 fully saturated rings. The van der Waals surface area contributed by atoms with E-state index in [9.17, 15) is 18.0 Å². The number of rotatable bonds is 3. The molecule has 0 aromatic heterocycles. The summed E-state index contributed by atoms with van der Waals surface area (Å²) in [6, 6.07) is 5.23. The number of carbonyl (C=O) groups is 1. The maximum absolute atomic E-state index is 12.4. The fourth-order valence-corrected chi connectivity index (χ4v) is 2.39. The highest BCUT2D eigenvalue weighted by molar-refractivity contribution is 5.65. The van der Waals surface area contributed by atoms with Gasteiger partial charge in [-0.25, -0.2) is 0 Å². The van der Waals surface area contributed by atoms with E-state index in [-0.39, 0.29) is 5.97 Å². The van der Waals surface area contributed by atoms with Crippen molar-refractivity contribution in [2.45, 2.75) is 25.9 Å². The summed E-state index contributed by atoms with van der Waals surface area (Å²) >= 11 is 0. The van der Waals surface area contributed by atoms with Crippen LogP contribution in [0.25, 0.3) is 0 Å². The van der Waals surface area contributed by atoms with Gasteiger partial charge in [-0.1, -0.05) is 12.1 Å². The lowest BCUT2D eigenvalue weighted by atomic mass is 9.98. The zero-order valence-electron chi connectivity index (χ0n) is 11.1. The highest BCUT2D eigenvalue weighted by Crippen LogP contribution is 2.30. The summed E-state index contributed by atoms with van der Waals surface area (Å²) < 4.78 is 37.3. The molecule has 0 bridgehead atoms. The van der Waals surface area contributed by atoms with Gasteiger partial charge in [0.15, 0.2) is 0 Å². The fourth-order valence-electron chi connectivity index (χ4n) is 2.39. The van der Waals surface area contributed by atoms with Gasteiger partial charge in [-0.2, -0.15) is 13.2 Å². The molecule has 1 aliphatic heterocycles. The van der Waals surface area contributed by atoms with Gasteiger partial charge in [0.1, 0.15) is 0 Å². The third-order valence-corrected chi connectivity index (χ3v) is 3.31. The standard InChI is InChI=1S/C14H16F3NO2/c1-10(19)20-18-7-6-12(9-18)8-11-2-4-13(5-3-11)14(15,16)17/h2-5,12H,6-9H2,1H3. The molecule has 2 rings (SSSR count). The van der Waals surface area contributed by atoms with Crippen molar-refractivity contribution in [3.8, 4) is 0 Å². The number of alkyl halides is 3. The zero-order valence-corrected chi connectivity index (χ0v) is 11.1. The van der Waals surface area contributed by atoms with Crippen molar-refractivity contribution in [3.63, 3.8) is 0 Å². The molecule has 1 aliphatic rings. The topological polar surface area (TPSA) is 29.5 Å². The van der Waals surface area contributed by atoms with E-state index in [1.165, 1.54) is 19.1 Å². The Kier molecular flexibility index (Phi) is 4.32. The van der Waals surface area contributed by atoms with Crippen molar-refractivity contribution in [2.75, 3.05) is 13.1 Å². The minimum Gasteiger partial charge on any atom is -0.368 e. The molecule has 20 heavy (non-hydrogen) atoms. The summed E-state index contributed by atoms with van der Waals surface area (Å²) in [5.41, 5.74) is 0.238. The summed E-state index contributed by atoms with van der Waals surface area (Å²) in [6.07, 6.45) is -2.73. The number of hydrogen-bond donors (Lipinski definition) is 0. The van der Waals surface area contributed by atoms with Gasteiger partial charge in [0.05, 0.1) is 5.56 Å². The Morgan fingerprint density at radius 2 is 2.00 bits per heavy atom. The second-order valence-electron chi connectivity index (χ2n) is 5.02. The second-order valence-corrected chi connectivity index (χ2v) is 5.02. The molecule has 6 heteroatoms. The first-order valence-corrected chi connectivity index (χ1v) is 6.44. The van der Waals surface area contributed by atoms with Crippen LogP contribution in [-0.2, 0) is 22.2 Å². The van der Waals surface area contributed by atoms with Gasteiger partial charge in [-0.05, 0) is 36.5 Å². The average Bonchev–Trinajstić information content (AvgIpc) is 2.75. The van der Waals surface area contributed by atoms with Crippen LogP contribution >= 0.6 is 0 Å². The molecule has 1 atom stereocenters. The van der Waals surface area contributed by atoms with E-state index in [1.54, 1.807) is 5.06 Å². The van der Waals surface area contributed by atoms with Crippen molar-refractivity contribution in [1.82, 2.24) is 5.06 Å². The molecule has 110 valence electrons. The SMILES string of the molecule is CC(=O)ON1CCC(Cc2ccc(C(F)(F)F)cc2)C1. The van der Waals surface area contributed by atoms with E-state index < -0.39 is 11.7 Å². The number of benzene rings is 1. The molecule has 1 unspecified atom stereocenters. The molecule has 0 aliphatic carbocycles. The molecular formula is C14H16F3NO2. The number of halogens is 3. The zero-order chi connectivity index (χ0) is 14.8. The highest BCUT2D eigenvalue weighted by atomic mass is 19.4. The van der Waals surface area contributed by atoms with Gasteiger partial charge in [0.2, 0.25) is 0 Å². The number of hydrogen-bond acceptors (Lipinski definition) is 3. The molecule has 0 amide bonds. The molecule has 1 saturated heterocycles. The third kappa shape index (κ3) is 3.96. The van der Waals surface area contributed by atoms with Crippen LogP contribution in [0.1, 0.15) is 24.5 Å². The predicted molar refractivity (Wildman–Crippen MR) is 66.6 cm³/mol. The first-order valence-electron chi connectivity index (χ1n) is 6.44. The summed E-state index contributed by atoms with van der Waals surface area (Å²) in [6.45, 7) is 2.65.